The highest BCUT2D eigenvalue weighted by atomic mass is 16.2. The minimum atomic E-state index is -0.244. The van der Waals surface area contributed by atoms with Crippen molar-refractivity contribution in [1.29, 1.82) is 0 Å². The van der Waals surface area contributed by atoms with E-state index in [0.29, 0.717) is 13.0 Å². The summed E-state index contributed by atoms with van der Waals surface area (Å²) < 4.78 is 0. The van der Waals surface area contributed by atoms with Gasteiger partial charge < -0.3 is 15.5 Å². The Morgan fingerprint density at radius 3 is 2.32 bits per heavy atom. The number of hydrogen-bond acceptors (Lipinski definition) is 4. The molecule has 0 aliphatic heterocycles. The summed E-state index contributed by atoms with van der Waals surface area (Å²) in [6.45, 7) is 0.457. The molecule has 25 heavy (non-hydrogen) atoms. The Balaban J connectivity index is 1.47. The maximum absolute atomic E-state index is 12.3. The SMILES string of the molecule is CN(C)c1ccc(NC(=O)C2CC2C(=O)NCc2ccncc2)cc1. The van der Waals surface area contributed by atoms with E-state index in [9.17, 15) is 9.59 Å². The normalized spacial score (nSPS) is 18.3. The largest absolute Gasteiger partial charge is 0.378 e. The smallest absolute Gasteiger partial charge is 0.228 e. The van der Waals surface area contributed by atoms with Crippen LogP contribution in [0.3, 0.4) is 0 Å². The fraction of sp³-hybridized carbons (Fsp3) is 0.316. The van der Waals surface area contributed by atoms with Crippen LogP contribution in [0.25, 0.3) is 0 Å². The quantitative estimate of drug-likeness (QED) is 0.845. The number of nitrogens with one attached hydrogen (secondary N) is 2. The predicted molar refractivity (Wildman–Crippen MR) is 97.1 cm³/mol. The van der Waals surface area contributed by atoms with Crippen LogP contribution in [0.1, 0.15) is 12.0 Å². The molecule has 1 saturated carbocycles. The monoisotopic (exact) mass is 338 g/mol. The Morgan fingerprint density at radius 2 is 1.68 bits per heavy atom. The van der Waals surface area contributed by atoms with Gasteiger partial charge in [0.2, 0.25) is 11.8 Å². The number of rotatable bonds is 6. The number of benzene rings is 1. The van der Waals surface area contributed by atoms with Gasteiger partial charge in [-0.3, -0.25) is 14.6 Å². The molecule has 2 N–H and O–H groups in total. The van der Waals surface area contributed by atoms with Crippen molar-refractivity contribution in [2.45, 2.75) is 13.0 Å². The van der Waals surface area contributed by atoms with E-state index in [1.54, 1.807) is 12.4 Å². The van der Waals surface area contributed by atoms with Gasteiger partial charge in [0.15, 0.2) is 0 Å². The number of carbonyl (C=O) groups excluding carboxylic acids is 2. The maximum Gasteiger partial charge on any atom is 0.228 e. The first-order valence-corrected chi connectivity index (χ1v) is 8.29. The molecule has 2 aromatic rings. The number of aromatic nitrogens is 1. The third kappa shape index (κ3) is 4.35. The average molecular weight is 338 g/mol. The molecule has 0 bridgehead atoms. The molecule has 1 aromatic carbocycles. The van der Waals surface area contributed by atoms with Crippen molar-refractivity contribution in [2.24, 2.45) is 11.8 Å². The van der Waals surface area contributed by atoms with Gasteiger partial charge in [-0.2, -0.15) is 0 Å². The Kier molecular flexibility index (Phi) is 4.97. The Labute approximate surface area is 147 Å². The average Bonchev–Trinajstić information content (AvgIpc) is 3.42. The molecule has 0 spiro atoms. The molecule has 1 aromatic heterocycles. The van der Waals surface area contributed by atoms with Crippen LogP contribution >= 0.6 is 0 Å². The molecule has 2 amide bonds. The molecule has 1 fully saturated rings. The van der Waals surface area contributed by atoms with Crippen molar-refractivity contribution in [3.8, 4) is 0 Å². The van der Waals surface area contributed by atoms with E-state index in [1.807, 2.05) is 55.4 Å². The van der Waals surface area contributed by atoms with Crippen LogP contribution < -0.4 is 15.5 Å². The minimum absolute atomic E-state index is 0.0695. The lowest BCUT2D eigenvalue weighted by Gasteiger charge is -2.13. The molecule has 3 rings (SSSR count). The highest BCUT2D eigenvalue weighted by molar-refractivity contribution is 5.99. The number of anilines is 2. The molecule has 0 saturated heterocycles. The fourth-order valence-corrected chi connectivity index (χ4v) is 2.67. The summed E-state index contributed by atoms with van der Waals surface area (Å²) in [5.41, 5.74) is 2.81. The summed E-state index contributed by atoms with van der Waals surface area (Å²) >= 11 is 0. The highest BCUT2D eigenvalue weighted by Crippen LogP contribution is 2.39. The zero-order valence-corrected chi connectivity index (χ0v) is 14.4. The lowest BCUT2D eigenvalue weighted by molar-refractivity contribution is -0.125. The summed E-state index contributed by atoms with van der Waals surface area (Å²) in [6.07, 6.45) is 3.98. The summed E-state index contributed by atoms with van der Waals surface area (Å²) in [4.78, 5) is 30.4. The van der Waals surface area contributed by atoms with Gasteiger partial charge in [0.05, 0.1) is 11.8 Å². The molecule has 2 unspecified atom stereocenters. The van der Waals surface area contributed by atoms with Gasteiger partial charge >= 0.3 is 0 Å². The highest BCUT2D eigenvalue weighted by Gasteiger charge is 2.47. The van der Waals surface area contributed by atoms with E-state index < -0.39 is 0 Å². The zero-order valence-electron chi connectivity index (χ0n) is 14.4. The van der Waals surface area contributed by atoms with Gasteiger partial charge in [0, 0.05) is 44.4 Å². The van der Waals surface area contributed by atoms with Gasteiger partial charge in [-0.25, -0.2) is 0 Å². The summed E-state index contributed by atoms with van der Waals surface area (Å²) in [5, 5.41) is 5.76. The third-order valence-electron chi connectivity index (χ3n) is 4.33. The van der Waals surface area contributed by atoms with Crippen molar-refractivity contribution >= 4 is 23.2 Å². The molecule has 1 aliphatic rings. The molecular weight excluding hydrogens is 316 g/mol. The molecule has 6 heteroatoms. The first kappa shape index (κ1) is 17.0. The molecule has 6 nitrogen and oxygen atoms in total. The molecule has 1 heterocycles. The summed E-state index contributed by atoms with van der Waals surface area (Å²) in [7, 11) is 3.93. The Morgan fingerprint density at radius 1 is 1.04 bits per heavy atom. The fourth-order valence-electron chi connectivity index (χ4n) is 2.67. The Hall–Kier alpha value is -2.89. The van der Waals surface area contributed by atoms with E-state index in [4.69, 9.17) is 0 Å². The number of hydrogen-bond donors (Lipinski definition) is 2. The standard InChI is InChI=1S/C19H22N4O2/c1-23(2)15-5-3-14(4-6-15)22-19(25)17-11-16(17)18(24)21-12-13-7-9-20-10-8-13/h3-10,16-17H,11-12H2,1-2H3,(H,21,24)(H,22,25). The Bertz CT molecular complexity index is 744. The van der Waals surface area contributed by atoms with Gasteiger partial charge in [-0.05, 0) is 48.4 Å². The molecule has 1 aliphatic carbocycles. The van der Waals surface area contributed by atoms with Crippen LogP contribution in [0.2, 0.25) is 0 Å². The molecular formula is C19H22N4O2. The number of nitrogens with zero attached hydrogens (tertiary/aromatic N) is 2. The van der Waals surface area contributed by atoms with Gasteiger partial charge in [0.25, 0.3) is 0 Å². The molecule has 2 atom stereocenters. The van der Waals surface area contributed by atoms with Crippen molar-refractivity contribution < 1.29 is 9.59 Å². The van der Waals surface area contributed by atoms with Crippen molar-refractivity contribution in [3.05, 3.63) is 54.4 Å². The minimum Gasteiger partial charge on any atom is -0.378 e. The summed E-state index contributed by atoms with van der Waals surface area (Å²) in [6, 6.07) is 11.3. The molecule has 130 valence electrons. The second kappa shape index (κ2) is 7.34. The van der Waals surface area contributed by atoms with E-state index in [-0.39, 0.29) is 23.7 Å². The lowest BCUT2D eigenvalue weighted by Crippen LogP contribution is -2.27. The molecule has 0 radical (unpaired) electrons. The predicted octanol–water partition coefficient (Wildman–Crippen LogP) is 2.04. The van der Waals surface area contributed by atoms with E-state index in [0.717, 1.165) is 16.9 Å². The third-order valence-corrected chi connectivity index (χ3v) is 4.33. The van der Waals surface area contributed by atoms with Crippen LogP contribution in [0, 0.1) is 11.8 Å². The van der Waals surface area contributed by atoms with E-state index >= 15 is 0 Å². The summed E-state index contributed by atoms with van der Waals surface area (Å²) in [5.74, 6) is -0.643. The maximum atomic E-state index is 12.3. The van der Waals surface area contributed by atoms with Crippen molar-refractivity contribution in [3.63, 3.8) is 0 Å². The van der Waals surface area contributed by atoms with Gasteiger partial charge in [-0.15, -0.1) is 0 Å². The lowest BCUT2D eigenvalue weighted by atomic mass is 10.2. The van der Waals surface area contributed by atoms with Crippen molar-refractivity contribution in [1.82, 2.24) is 10.3 Å². The van der Waals surface area contributed by atoms with Crippen LogP contribution in [0.5, 0.6) is 0 Å². The zero-order chi connectivity index (χ0) is 17.8. The van der Waals surface area contributed by atoms with Crippen molar-refractivity contribution in [2.75, 3.05) is 24.3 Å². The first-order valence-electron chi connectivity index (χ1n) is 8.29. The van der Waals surface area contributed by atoms with Gasteiger partial charge in [0.1, 0.15) is 0 Å². The van der Waals surface area contributed by atoms with Crippen LogP contribution in [-0.2, 0) is 16.1 Å². The number of pyridine rings is 1. The van der Waals surface area contributed by atoms with Crippen LogP contribution in [0.15, 0.2) is 48.8 Å². The van der Waals surface area contributed by atoms with Crippen LogP contribution in [-0.4, -0.2) is 30.9 Å². The van der Waals surface area contributed by atoms with E-state index in [2.05, 4.69) is 15.6 Å². The number of carbonyl (C=O) groups is 2. The topological polar surface area (TPSA) is 74.3 Å². The second-order valence-corrected chi connectivity index (χ2v) is 6.45. The van der Waals surface area contributed by atoms with E-state index in [1.165, 1.54) is 0 Å². The second-order valence-electron chi connectivity index (χ2n) is 6.45. The van der Waals surface area contributed by atoms with Crippen LogP contribution in [0.4, 0.5) is 11.4 Å². The number of amides is 2. The first-order chi connectivity index (χ1) is 12.0. The van der Waals surface area contributed by atoms with Gasteiger partial charge in [-0.1, -0.05) is 0 Å².